The summed E-state index contributed by atoms with van der Waals surface area (Å²) < 4.78 is 4.64. The van der Waals surface area contributed by atoms with Gasteiger partial charge in [0.1, 0.15) is 4.83 Å². The third-order valence-electron chi connectivity index (χ3n) is 1.87. The summed E-state index contributed by atoms with van der Waals surface area (Å²) in [6.07, 6.45) is 0. The normalized spacial score (nSPS) is 12.2. The highest BCUT2D eigenvalue weighted by Gasteiger charge is 2.18. The van der Waals surface area contributed by atoms with Gasteiger partial charge in [0.05, 0.1) is 7.11 Å². The maximum atomic E-state index is 11.2. The summed E-state index contributed by atoms with van der Waals surface area (Å²) >= 11 is 3.29. The fraction of sp³-hybridized carbons (Fsp3) is 0.300. The maximum Gasteiger partial charge on any atom is 0.324 e. The molecule has 0 N–H and O–H groups in total. The fourth-order valence-corrected chi connectivity index (χ4v) is 1.80. The van der Waals surface area contributed by atoms with Crippen molar-refractivity contribution in [2.24, 2.45) is 0 Å². The van der Waals surface area contributed by atoms with Gasteiger partial charge >= 0.3 is 5.97 Å². The molecule has 1 aromatic rings. The van der Waals surface area contributed by atoms with Gasteiger partial charge in [0, 0.05) is 0 Å². The Balaban J connectivity index is 2.95. The van der Waals surface area contributed by atoms with E-state index >= 15 is 0 Å². The molecule has 0 aliphatic carbocycles. The molecule has 0 unspecified atom stereocenters. The summed E-state index contributed by atoms with van der Waals surface area (Å²) in [6.45, 7) is 1.96. The molecular weight excluding hydrogens is 232 g/mol. The Bertz CT molecular complexity index is 310. The largest absolute Gasteiger partial charge is 0.468 e. The predicted molar refractivity (Wildman–Crippen MR) is 54.9 cm³/mol. The van der Waals surface area contributed by atoms with Crippen LogP contribution in [0, 0.1) is 6.92 Å². The molecule has 2 nitrogen and oxygen atoms in total. The van der Waals surface area contributed by atoms with Crippen molar-refractivity contribution in [1.82, 2.24) is 0 Å². The van der Waals surface area contributed by atoms with Crippen LogP contribution in [-0.2, 0) is 9.53 Å². The van der Waals surface area contributed by atoms with Crippen molar-refractivity contribution in [3.05, 3.63) is 35.4 Å². The molecule has 0 aliphatic rings. The number of esters is 1. The molecule has 0 aliphatic heterocycles. The lowest BCUT2D eigenvalue weighted by Gasteiger charge is -2.09. The van der Waals surface area contributed by atoms with Gasteiger partial charge in [-0.2, -0.15) is 0 Å². The number of alkyl halides is 1. The second kappa shape index (κ2) is 4.42. The number of halogens is 1. The van der Waals surface area contributed by atoms with Crippen molar-refractivity contribution in [3.63, 3.8) is 0 Å². The quantitative estimate of drug-likeness (QED) is 0.589. The minimum Gasteiger partial charge on any atom is -0.468 e. The van der Waals surface area contributed by atoms with Crippen molar-refractivity contribution in [3.8, 4) is 0 Å². The van der Waals surface area contributed by atoms with Crippen molar-refractivity contribution in [1.29, 1.82) is 0 Å². The number of methoxy groups -OCH3 is 1. The lowest BCUT2D eigenvalue weighted by Crippen LogP contribution is -2.09. The van der Waals surface area contributed by atoms with Crippen LogP contribution in [0.4, 0.5) is 0 Å². The SMILES string of the molecule is COC(=O)[C@H](Br)c1ccccc1C. The zero-order valence-electron chi connectivity index (χ0n) is 7.58. The van der Waals surface area contributed by atoms with Gasteiger partial charge in [-0.15, -0.1) is 0 Å². The Morgan fingerprint density at radius 2 is 2.08 bits per heavy atom. The first-order valence-corrected chi connectivity index (χ1v) is 4.86. The van der Waals surface area contributed by atoms with Crippen molar-refractivity contribution < 1.29 is 9.53 Å². The first kappa shape index (κ1) is 10.3. The molecule has 0 radical (unpaired) electrons. The summed E-state index contributed by atoms with van der Waals surface area (Å²) in [5.74, 6) is -0.269. The lowest BCUT2D eigenvalue weighted by molar-refractivity contribution is -0.139. The lowest BCUT2D eigenvalue weighted by atomic mass is 10.1. The van der Waals surface area contributed by atoms with Gasteiger partial charge < -0.3 is 4.74 Å². The fourth-order valence-electron chi connectivity index (χ4n) is 1.10. The van der Waals surface area contributed by atoms with Gasteiger partial charge in [0.25, 0.3) is 0 Å². The number of aryl methyl sites for hydroxylation is 1. The summed E-state index contributed by atoms with van der Waals surface area (Å²) in [5, 5.41) is 0. The molecule has 0 fully saturated rings. The van der Waals surface area contributed by atoms with Gasteiger partial charge in [-0.05, 0) is 18.1 Å². The highest BCUT2D eigenvalue weighted by atomic mass is 79.9. The molecule has 0 spiro atoms. The Morgan fingerprint density at radius 3 is 2.62 bits per heavy atom. The van der Waals surface area contributed by atoms with Crippen LogP contribution in [0.2, 0.25) is 0 Å². The van der Waals surface area contributed by atoms with Crippen LogP contribution in [-0.4, -0.2) is 13.1 Å². The van der Waals surface area contributed by atoms with Crippen LogP contribution in [0.5, 0.6) is 0 Å². The number of carbonyl (C=O) groups excluding carboxylic acids is 1. The molecule has 0 aromatic heterocycles. The van der Waals surface area contributed by atoms with E-state index in [0.717, 1.165) is 11.1 Å². The first-order chi connectivity index (χ1) is 6.16. The maximum absolute atomic E-state index is 11.2. The van der Waals surface area contributed by atoms with E-state index < -0.39 is 0 Å². The Labute approximate surface area is 86.0 Å². The summed E-state index contributed by atoms with van der Waals surface area (Å²) in [7, 11) is 1.38. The zero-order valence-corrected chi connectivity index (χ0v) is 9.17. The van der Waals surface area contributed by atoms with E-state index in [-0.39, 0.29) is 10.8 Å². The number of carbonyl (C=O) groups is 1. The Kier molecular flexibility index (Phi) is 3.48. The molecule has 13 heavy (non-hydrogen) atoms. The molecular formula is C10H11BrO2. The van der Waals surface area contributed by atoms with E-state index in [1.807, 2.05) is 31.2 Å². The first-order valence-electron chi connectivity index (χ1n) is 3.94. The van der Waals surface area contributed by atoms with E-state index in [1.54, 1.807) is 0 Å². The third kappa shape index (κ3) is 2.31. The van der Waals surface area contributed by atoms with Gasteiger partial charge in [-0.25, -0.2) is 0 Å². The number of ether oxygens (including phenoxy) is 1. The van der Waals surface area contributed by atoms with E-state index in [1.165, 1.54) is 7.11 Å². The van der Waals surface area contributed by atoms with Crippen LogP contribution < -0.4 is 0 Å². The molecule has 70 valence electrons. The van der Waals surface area contributed by atoms with Crippen LogP contribution >= 0.6 is 15.9 Å². The minimum atomic E-state index is -0.362. The molecule has 1 atom stereocenters. The number of hydrogen-bond acceptors (Lipinski definition) is 2. The monoisotopic (exact) mass is 242 g/mol. The standard InChI is InChI=1S/C10H11BrO2/c1-7-5-3-4-6-8(7)9(11)10(12)13-2/h3-6,9H,1-2H3/t9-/m1/s1. The summed E-state index contributed by atoms with van der Waals surface area (Å²) in [4.78, 5) is 10.8. The van der Waals surface area contributed by atoms with Crippen molar-refractivity contribution in [2.45, 2.75) is 11.8 Å². The van der Waals surface area contributed by atoms with Crippen molar-refractivity contribution in [2.75, 3.05) is 7.11 Å². The Hall–Kier alpha value is -0.830. The molecule has 3 heteroatoms. The molecule has 0 amide bonds. The predicted octanol–water partition coefficient (Wildman–Crippen LogP) is 2.60. The van der Waals surface area contributed by atoms with Gasteiger partial charge in [0.2, 0.25) is 0 Å². The number of rotatable bonds is 2. The highest BCUT2D eigenvalue weighted by Crippen LogP contribution is 2.26. The van der Waals surface area contributed by atoms with E-state index in [4.69, 9.17) is 0 Å². The zero-order chi connectivity index (χ0) is 9.84. The van der Waals surface area contributed by atoms with E-state index in [0.29, 0.717) is 0 Å². The average Bonchev–Trinajstić information content (AvgIpc) is 2.16. The molecule has 1 aromatic carbocycles. The molecule has 0 saturated carbocycles. The van der Waals surface area contributed by atoms with Gasteiger partial charge in [-0.3, -0.25) is 4.79 Å². The van der Waals surface area contributed by atoms with E-state index in [9.17, 15) is 4.79 Å². The van der Waals surface area contributed by atoms with Crippen LogP contribution in [0.15, 0.2) is 24.3 Å². The topological polar surface area (TPSA) is 26.3 Å². The van der Waals surface area contributed by atoms with Crippen LogP contribution in [0.25, 0.3) is 0 Å². The van der Waals surface area contributed by atoms with Gasteiger partial charge in [-0.1, -0.05) is 40.2 Å². The molecule has 0 bridgehead atoms. The van der Waals surface area contributed by atoms with E-state index in [2.05, 4.69) is 20.7 Å². The summed E-state index contributed by atoms with van der Waals surface area (Å²) in [6, 6.07) is 7.72. The average molecular weight is 243 g/mol. The van der Waals surface area contributed by atoms with Gasteiger partial charge in [0.15, 0.2) is 0 Å². The molecule has 0 heterocycles. The van der Waals surface area contributed by atoms with Crippen molar-refractivity contribution >= 4 is 21.9 Å². The summed E-state index contributed by atoms with van der Waals surface area (Å²) in [5.41, 5.74) is 2.03. The minimum absolute atomic E-state index is 0.269. The molecule has 0 saturated heterocycles. The second-order valence-electron chi connectivity index (χ2n) is 2.74. The Morgan fingerprint density at radius 1 is 1.46 bits per heavy atom. The van der Waals surface area contributed by atoms with Crippen LogP contribution in [0.1, 0.15) is 16.0 Å². The smallest absolute Gasteiger partial charge is 0.324 e. The van der Waals surface area contributed by atoms with Crippen LogP contribution in [0.3, 0.4) is 0 Å². The highest BCUT2D eigenvalue weighted by molar-refractivity contribution is 9.09. The number of hydrogen-bond donors (Lipinski definition) is 0. The third-order valence-corrected chi connectivity index (χ3v) is 2.74. The molecule has 1 rings (SSSR count). The second-order valence-corrected chi connectivity index (χ2v) is 3.66. The number of benzene rings is 1.